The zero-order chi connectivity index (χ0) is 15.5. The number of rotatable bonds is 3. The number of hydrogen-bond donors (Lipinski definition) is 1. The molecule has 0 radical (unpaired) electrons. The number of nitrogens with one attached hydrogen (secondary N) is 1. The maximum atomic E-state index is 11.3. The third kappa shape index (κ3) is 2.50. The van der Waals surface area contributed by atoms with Gasteiger partial charge in [0.05, 0.1) is 0 Å². The van der Waals surface area contributed by atoms with Crippen LogP contribution in [0.15, 0.2) is 48.5 Å². The van der Waals surface area contributed by atoms with E-state index < -0.39 is 0 Å². The summed E-state index contributed by atoms with van der Waals surface area (Å²) in [6.45, 7) is 1.55. The van der Waals surface area contributed by atoms with E-state index in [9.17, 15) is 4.79 Å². The van der Waals surface area contributed by atoms with Gasteiger partial charge in [0, 0.05) is 11.1 Å². The topological polar surface area (TPSA) is 82.4 Å². The van der Waals surface area contributed by atoms with Crippen LogP contribution in [0.25, 0.3) is 22.4 Å². The summed E-state index contributed by atoms with van der Waals surface area (Å²) in [6, 6.07) is 17.1. The van der Waals surface area contributed by atoms with Gasteiger partial charge in [-0.05, 0) is 24.1 Å². The first-order valence-corrected chi connectivity index (χ1v) is 6.71. The molecule has 0 fully saturated rings. The molecule has 0 saturated carbocycles. The number of nitriles is 1. The predicted octanol–water partition coefficient (Wildman–Crippen LogP) is 3.21. The monoisotopic (exact) mass is 288 g/mol. The van der Waals surface area contributed by atoms with Crippen LogP contribution in [0.2, 0.25) is 0 Å². The molecule has 0 amide bonds. The Labute approximate surface area is 127 Å². The average Bonchev–Trinajstić information content (AvgIpc) is 3.04. The first-order chi connectivity index (χ1) is 10.7. The summed E-state index contributed by atoms with van der Waals surface area (Å²) in [6.07, 6.45) is 0. The Morgan fingerprint density at radius 3 is 2.45 bits per heavy atom. The Kier molecular flexibility index (Phi) is 3.50. The molecule has 0 aliphatic heterocycles. The van der Waals surface area contributed by atoms with Gasteiger partial charge in [0.1, 0.15) is 11.8 Å². The molecule has 3 rings (SSSR count). The van der Waals surface area contributed by atoms with Crippen molar-refractivity contribution in [2.24, 2.45) is 0 Å². The van der Waals surface area contributed by atoms with E-state index >= 15 is 0 Å². The van der Waals surface area contributed by atoms with Crippen molar-refractivity contribution in [1.82, 2.24) is 15.4 Å². The van der Waals surface area contributed by atoms with Crippen molar-refractivity contribution in [3.8, 4) is 28.5 Å². The van der Waals surface area contributed by atoms with E-state index in [1.54, 1.807) is 19.1 Å². The van der Waals surface area contributed by atoms with Gasteiger partial charge in [-0.1, -0.05) is 42.5 Å². The molecule has 0 aliphatic rings. The molecule has 0 spiro atoms. The second kappa shape index (κ2) is 5.62. The molecule has 0 atom stereocenters. The zero-order valence-electron chi connectivity index (χ0n) is 11.9. The smallest absolute Gasteiger partial charge is 0.190 e. The lowest BCUT2D eigenvalue weighted by Gasteiger charge is -2.05. The van der Waals surface area contributed by atoms with E-state index in [0.717, 1.165) is 16.7 Å². The number of nitrogens with zero attached hydrogens (tertiary/aromatic N) is 3. The quantitative estimate of drug-likeness (QED) is 0.750. The first-order valence-electron chi connectivity index (χ1n) is 6.71. The van der Waals surface area contributed by atoms with Crippen LogP contribution in [-0.2, 0) is 0 Å². The van der Waals surface area contributed by atoms with Crippen LogP contribution >= 0.6 is 0 Å². The highest BCUT2D eigenvalue weighted by atomic mass is 16.1. The Bertz CT molecular complexity index is 872. The predicted molar refractivity (Wildman–Crippen MR) is 82.0 cm³/mol. The summed E-state index contributed by atoms with van der Waals surface area (Å²) < 4.78 is 0. The normalized spacial score (nSPS) is 10.2. The van der Waals surface area contributed by atoms with Crippen molar-refractivity contribution in [2.45, 2.75) is 6.92 Å². The van der Waals surface area contributed by atoms with Crippen LogP contribution in [0.5, 0.6) is 0 Å². The minimum Gasteiger partial charge on any atom is -0.295 e. The summed E-state index contributed by atoms with van der Waals surface area (Å²) >= 11 is 0. The fraction of sp³-hybridized carbons (Fsp3) is 0.0588. The molecule has 0 saturated heterocycles. The SMILES string of the molecule is CC(=O)c1ccc(-c2cccc(-c3n[nH]nc3C#N)c2)cc1. The molecular weight excluding hydrogens is 276 g/mol. The number of aromatic amines is 1. The van der Waals surface area contributed by atoms with Gasteiger partial charge in [-0.15, -0.1) is 5.10 Å². The van der Waals surface area contributed by atoms with Gasteiger partial charge in [0.25, 0.3) is 0 Å². The maximum Gasteiger partial charge on any atom is 0.190 e. The van der Waals surface area contributed by atoms with Crippen molar-refractivity contribution in [3.05, 3.63) is 59.8 Å². The fourth-order valence-electron chi connectivity index (χ4n) is 2.25. The van der Waals surface area contributed by atoms with E-state index in [0.29, 0.717) is 11.3 Å². The summed E-state index contributed by atoms with van der Waals surface area (Å²) in [5.41, 5.74) is 4.28. The van der Waals surface area contributed by atoms with Crippen LogP contribution in [0, 0.1) is 11.3 Å². The Morgan fingerprint density at radius 1 is 1.05 bits per heavy atom. The molecule has 2 aromatic carbocycles. The Morgan fingerprint density at radius 2 is 1.77 bits per heavy atom. The molecule has 0 unspecified atom stereocenters. The van der Waals surface area contributed by atoms with Gasteiger partial charge in [-0.3, -0.25) is 4.79 Å². The van der Waals surface area contributed by atoms with Crippen LogP contribution in [0.3, 0.4) is 0 Å². The van der Waals surface area contributed by atoms with E-state index in [1.807, 2.05) is 42.5 Å². The third-order valence-corrected chi connectivity index (χ3v) is 3.41. The number of benzene rings is 2. The van der Waals surface area contributed by atoms with Crippen molar-refractivity contribution >= 4 is 5.78 Å². The number of ketones is 1. The molecule has 0 bridgehead atoms. The minimum absolute atomic E-state index is 0.0431. The lowest BCUT2D eigenvalue weighted by Crippen LogP contribution is -1.91. The van der Waals surface area contributed by atoms with Crippen LogP contribution in [-0.4, -0.2) is 21.2 Å². The highest BCUT2D eigenvalue weighted by molar-refractivity contribution is 5.94. The van der Waals surface area contributed by atoms with Gasteiger partial charge in [0.2, 0.25) is 0 Å². The van der Waals surface area contributed by atoms with E-state index in [2.05, 4.69) is 15.4 Å². The summed E-state index contributed by atoms with van der Waals surface area (Å²) in [5, 5.41) is 19.3. The average molecular weight is 288 g/mol. The Hall–Kier alpha value is -3.26. The highest BCUT2D eigenvalue weighted by Gasteiger charge is 2.10. The van der Waals surface area contributed by atoms with E-state index in [1.165, 1.54) is 0 Å². The van der Waals surface area contributed by atoms with Crippen molar-refractivity contribution < 1.29 is 4.79 Å². The molecular formula is C17H12N4O. The molecule has 5 nitrogen and oxygen atoms in total. The van der Waals surface area contributed by atoms with E-state index in [-0.39, 0.29) is 11.5 Å². The molecule has 22 heavy (non-hydrogen) atoms. The second-order valence-corrected chi connectivity index (χ2v) is 4.85. The highest BCUT2D eigenvalue weighted by Crippen LogP contribution is 2.26. The maximum absolute atomic E-state index is 11.3. The lowest BCUT2D eigenvalue weighted by molar-refractivity contribution is 0.101. The van der Waals surface area contributed by atoms with Crippen LogP contribution in [0.1, 0.15) is 23.0 Å². The Balaban J connectivity index is 2.01. The minimum atomic E-state index is 0.0431. The molecule has 1 heterocycles. The molecule has 3 aromatic rings. The molecule has 106 valence electrons. The molecule has 1 aromatic heterocycles. The van der Waals surface area contributed by atoms with Gasteiger partial charge in [0.15, 0.2) is 11.5 Å². The van der Waals surface area contributed by atoms with Gasteiger partial charge < -0.3 is 0 Å². The van der Waals surface area contributed by atoms with Crippen LogP contribution in [0.4, 0.5) is 0 Å². The van der Waals surface area contributed by atoms with Gasteiger partial charge in [-0.2, -0.15) is 15.6 Å². The standard InChI is InChI=1S/C17H12N4O/c1-11(22)12-5-7-13(8-6-12)14-3-2-4-15(9-14)17-16(10-18)19-21-20-17/h2-9H,1H3,(H,19,20,21). The lowest BCUT2D eigenvalue weighted by atomic mass is 9.99. The summed E-state index contributed by atoms with van der Waals surface area (Å²) in [7, 11) is 0. The van der Waals surface area contributed by atoms with Crippen LogP contribution < -0.4 is 0 Å². The second-order valence-electron chi connectivity index (χ2n) is 4.85. The number of carbonyl (C=O) groups excluding carboxylic acids is 1. The molecule has 5 heteroatoms. The fourth-order valence-corrected chi connectivity index (χ4v) is 2.25. The number of H-pyrrole nitrogens is 1. The first kappa shape index (κ1) is 13.7. The zero-order valence-corrected chi connectivity index (χ0v) is 11.9. The van der Waals surface area contributed by atoms with Crippen molar-refractivity contribution in [1.29, 1.82) is 5.26 Å². The number of Topliss-reactive ketones (excluding diaryl/α,β-unsaturated/α-hetero) is 1. The summed E-state index contributed by atoms with van der Waals surface area (Å²) in [5.74, 6) is 0.0431. The van der Waals surface area contributed by atoms with Gasteiger partial charge in [-0.25, -0.2) is 0 Å². The summed E-state index contributed by atoms with van der Waals surface area (Å²) in [4.78, 5) is 11.3. The van der Waals surface area contributed by atoms with Crippen molar-refractivity contribution in [3.63, 3.8) is 0 Å². The third-order valence-electron chi connectivity index (χ3n) is 3.41. The number of carbonyl (C=O) groups is 1. The van der Waals surface area contributed by atoms with Gasteiger partial charge >= 0.3 is 0 Å². The molecule has 0 aliphatic carbocycles. The van der Waals surface area contributed by atoms with Crippen molar-refractivity contribution in [2.75, 3.05) is 0 Å². The largest absolute Gasteiger partial charge is 0.295 e. The molecule has 1 N–H and O–H groups in total. The number of aromatic nitrogens is 3. The number of hydrogen-bond acceptors (Lipinski definition) is 4. The van der Waals surface area contributed by atoms with E-state index in [4.69, 9.17) is 5.26 Å².